The van der Waals surface area contributed by atoms with Crippen LogP contribution in [0.2, 0.25) is 0 Å². The Hall–Kier alpha value is -1.89. The van der Waals surface area contributed by atoms with Crippen molar-refractivity contribution in [3.8, 4) is 5.75 Å². The number of aryl methyl sites for hydroxylation is 2. The van der Waals surface area contributed by atoms with Gasteiger partial charge in [-0.05, 0) is 48.2 Å². The highest BCUT2D eigenvalue weighted by Gasteiger charge is 2.11. The molecule has 6 heteroatoms. The smallest absolute Gasteiger partial charge is 0.258 e. The third-order valence-corrected chi connectivity index (χ3v) is 6.05. The molecule has 2 aromatic rings. The van der Waals surface area contributed by atoms with Crippen LogP contribution in [0.5, 0.6) is 5.75 Å². The van der Waals surface area contributed by atoms with Crippen LogP contribution in [0, 0.1) is 13.8 Å². The van der Waals surface area contributed by atoms with Crippen molar-refractivity contribution in [3.05, 3.63) is 63.1 Å². The number of ether oxygens (including phenoxy) is 2. The summed E-state index contributed by atoms with van der Waals surface area (Å²) in [5.74, 6) is 0.580. The third-order valence-electron chi connectivity index (χ3n) is 4.80. The monoisotopic (exact) mass is 446 g/mol. The molecule has 1 amide bonds. The summed E-state index contributed by atoms with van der Waals surface area (Å²) in [6.45, 7) is 9.05. The largest absolute Gasteiger partial charge is 0.484 e. The van der Waals surface area contributed by atoms with E-state index in [0.717, 1.165) is 54.0 Å². The number of benzene rings is 2. The van der Waals surface area contributed by atoms with Gasteiger partial charge in [0.05, 0.1) is 13.2 Å². The zero-order valence-electron chi connectivity index (χ0n) is 16.5. The van der Waals surface area contributed by atoms with Crippen molar-refractivity contribution in [2.75, 3.05) is 32.9 Å². The van der Waals surface area contributed by atoms with Crippen LogP contribution in [0.15, 0.2) is 40.9 Å². The SMILES string of the molecule is Cc1cc(OCC(=O)NCc2ccc(CN3CCOCC3)cc2)cc(C)c1Br. The Kier molecular flexibility index (Phi) is 7.48. The zero-order chi connectivity index (χ0) is 19.9. The van der Waals surface area contributed by atoms with Gasteiger partial charge in [0.1, 0.15) is 5.75 Å². The molecule has 1 heterocycles. The second kappa shape index (κ2) is 10.0. The maximum absolute atomic E-state index is 12.1. The quantitative estimate of drug-likeness (QED) is 0.705. The maximum Gasteiger partial charge on any atom is 0.258 e. The van der Waals surface area contributed by atoms with Crippen molar-refractivity contribution >= 4 is 21.8 Å². The van der Waals surface area contributed by atoms with Gasteiger partial charge in [0.2, 0.25) is 0 Å². The molecule has 0 unspecified atom stereocenters. The van der Waals surface area contributed by atoms with Crippen LogP contribution in [0.1, 0.15) is 22.3 Å². The lowest BCUT2D eigenvalue weighted by Gasteiger charge is -2.26. The molecular formula is C22H27BrN2O3. The standard InChI is InChI=1S/C22H27BrN2O3/c1-16-11-20(12-17(2)22(16)23)28-15-21(26)24-13-18-3-5-19(6-4-18)14-25-7-9-27-10-8-25/h3-6,11-12H,7-10,13-15H2,1-2H3,(H,24,26). The number of nitrogens with one attached hydrogen (secondary N) is 1. The molecule has 0 aliphatic carbocycles. The minimum atomic E-state index is -0.129. The number of amides is 1. The predicted octanol–water partition coefficient (Wildman–Crippen LogP) is 3.59. The van der Waals surface area contributed by atoms with Gasteiger partial charge in [-0.25, -0.2) is 0 Å². The molecule has 0 aromatic heterocycles. The highest BCUT2D eigenvalue weighted by molar-refractivity contribution is 9.10. The Morgan fingerprint density at radius 3 is 2.36 bits per heavy atom. The van der Waals surface area contributed by atoms with Gasteiger partial charge in [0, 0.05) is 30.7 Å². The van der Waals surface area contributed by atoms with Gasteiger partial charge in [0.15, 0.2) is 6.61 Å². The highest BCUT2D eigenvalue weighted by Crippen LogP contribution is 2.26. The van der Waals surface area contributed by atoms with E-state index in [2.05, 4.69) is 50.4 Å². The third kappa shape index (κ3) is 6.06. The fraction of sp³-hybridized carbons (Fsp3) is 0.409. The average Bonchev–Trinajstić information content (AvgIpc) is 2.70. The summed E-state index contributed by atoms with van der Waals surface area (Å²) in [6.07, 6.45) is 0. The van der Waals surface area contributed by atoms with Crippen LogP contribution in [0.25, 0.3) is 0 Å². The van der Waals surface area contributed by atoms with Gasteiger partial charge in [0.25, 0.3) is 5.91 Å². The molecule has 0 spiro atoms. The maximum atomic E-state index is 12.1. The van der Waals surface area contributed by atoms with Crippen LogP contribution in [-0.4, -0.2) is 43.7 Å². The second-order valence-electron chi connectivity index (χ2n) is 7.14. The molecule has 1 saturated heterocycles. The van der Waals surface area contributed by atoms with Gasteiger partial charge in [-0.2, -0.15) is 0 Å². The Bertz CT molecular complexity index is 779. The van der Waals surface area contributed by atoms with Crippen molar-refractivity contribution in [3.63, 3.8) is 0 Å². The molecular weight excluding hydrogens is 420 g/mol. The summed E-state index contributed by atoms with van der Waals surface area (Å²) < 4.78 is 12.1. The van der Waals surface area contributed by atoms with E-state index >= 15 is 0 Å². The Labute approximate surface area is 175 Å². The summed E-state index contributed by atoms with van der Waals surface area (Å²) in [6, 6.07) is 12.2. The van der Waals surface area contributed by atoms with Gasteiger partial charge in [-0.15, -0.1) is 0 Å². The van der Waals surface area contributed by atoms with E-state index in [1.165, 1.54) is 5.56 Å². The van der Waals surface area contributed by atoms with E-state index in [0.29, 0.717) is 12.3 Å². The molecule has 3 rings (SSSR count). The summed E-state index contributed by atoms with van der Waals surface area (Å²) in [4.78, 5) is 14.5. The summed E-state index contributed by atoms with van der Waals surface area (Å²) >= 11 is 3.53. The molecule has 5 nitrogen and oxygen atoms in total. The van der Waals surface area contributed by atoms with E-state index in [4.69, 9.17) is 9.47 Å². The predicted molar refractivity (Wildman–Crippen MR) is 113 cm³/mol. The number of halogens is 1. The fourth-order valence-corrected chi connectivity index (χ4v) is 3.40. The Balaban J connectivity index is 1.42. The lowest BCUT2D eigenvalue weighted by atomic mass is 10.1. The molecule has 0 atom stereocenters. The molecule has 0 bridgehead atoms. The normalized spacial score (nSPS) is 14.7. The number of nitrogens with zero attached hydrogens (tertiary/aromatic N) is 1. The molecule has 1 fully saturated rings. The van der Waals surface area contributed by atoms with Crippen molar-refractivity contribution in [1.29, 1.82) is 0 Å². The van der Waals surface area contributed by atoms with Crippen LogP contribution >= 0.6 is 15.9 Å². The molecule has 0 saturated carbocycles. The lowest BCUT2D eigenvalue weighted by molar-refractivity contribution is -0.123. The topological polar surface area (TPSA) is 50.8 Å². The van der Waals surface area contributed by atoms with Crippen LogP contribution < -0.4 is 10.1 Å². The van der Waals surface area contributed by atoms with Gasteiger partial charge >= 0.3 is 0 Å². The molecule has 2 aromatic carbocycles. The molecule has 1 N–H and O–H groups in total. The van der Waals surface area contributed by atoms with Crippen LogP contribution in [0.4, 0.5) is 0 Å². The highest BCUT2D eigenvalue weighted by atomic mass is 79.9. The van der Waals surface area contributed by atoms with Gasteiger partial charge < -0.3 is 14.8 Å². The second-order valence-corrected chi connectivity index (χ2v) is 7.93. The van der Waals surface area contributed by atoms with E-state index < -0.39 is 0 Å². The Morgan fingerprint density at radius 2 is 1.71 bits per heavy atom. The Morgan fingerprint density at radius 1 is 1.11 bits per heavy atom. The van der Waals surface area contributed by atoms with Crippen molar-refractivity contribution in [1.82, 2.24) is 10.2 Å². The van der Waals surface area contributed by atoms with Crippen LogP contribution in [0.3, 0.4) is 0 Å². The number of hydrogen-bond acceptors (Lipinski definition) is 4. The molecule has 150 valence electrons. The molecule has 28 heavy (non-hydrogen) atoms. The van der Waals surface area contributed by atoms with Crippen molar-refractivity contribution in [2.24, 2.45) is 0 Å². The van der Waals surface area contributed by atoms with Crippen LogP contribution in [-0.2, 0) is 22.6 Å². The summed E-state index contributed by atoms with van der Waals surface area (Å²) in [7, 11) is 0. The first-order valence-corrected chi connectivity index (χ1v) is 10.3. The van der Waals surface area contributed by atoms with E-state index in [1.807, 2.05) is 26.0 Å². The molecule has 1 aliphatic heterocycles. The first kappa shape index (κ1) is 20.8. The lowest BCUT2D eigenvalue weighted by Crippen LogP contribution is -2.35. The van der Waals surface area contributed by atoms with Gasteiger partial charge in [-0.1, -0.05) is 40.2 Å². The molecule has 0 radical (unpaired) electrons. The van der Waals surface area contributed by atoms with E-state index in [-0.39, 0.29) is 12.5 Å². The molecule has 1 aliphatic rings. The number of rotatable bonds is 7. The van der Waals surface area contributed by atoms with Crippen molar-refractivity contribution in [2.45, 2.75) is 26.9 Å². The number of hydrogen-bond donors (Lipinski definition) is 1. The van der Waals surface area contributed by atoms with E-state index in [9.17, 15) is 4.79 Å². The first-order chi connectivity index (χ1) is 13.5. The average molecular weight is 447 g/mol. The first-order valence-electron chi connectivity index (χ1n) is 9.55. The van der Waals surface area contributed by atoms with E-state index in [1.54, 1.807) is 0 Å². The fourth-order valence-electron chi connectivity index (χ4n) is 3.17. The van der Waals surface area contributed by atoms with Crippen molar-refractivity contribution < 1.29 is 14.3 Å². The minimum absolute atomic E-state index is 0.00955. The zero-order valence-corrected chi connectivity index (χ0v) is 18.0. The summed E-state index contributed by atoms with van der Waals surface area (Å²) in [5.41, 5.74) is 4.54. The number of morpholine rings is 1. The summed E-state index contributed by atoms with van der Waals surface area (Å²) in [5, 5.41) is 2.91. The minimum Gasteiger partial charge on any atom is -0.484 e. The number of carbonyl (C=O) groups excluding carboxylic acids is 1. The number of carbonyl (C=O) groups is 1. The van der Waals surface area contributed by atoms with Gasteiger partial charge in [-0.3, -0.25) is 9.69 Å².